The van der Waals surface area contributed by atoms with Crippen molar-refractivity contribution >= 4 is 22.6 Å². The molecule has 1 aliphatic rings. The van der Waals surface area contributed by atoms with Crippen molar-refractivity contribution in [2.24, 2.45) is 0 Å². The van der Waals surface area contributed by atoms with Crippen molar-refractivity contribution in [3.05, 3.63) is 69.5 Å². The Morgan fingerprint density at radius 3 is 2.50 bits per heavy atom. The Balaban J connectivity index is 1.41. The fourth-order valence-electron chi connectivity index (χ4n) is 3.56. The summed E-state index contributed by atoms with van der Waals surface area (Å²) in [6.07, 6.45) is 1.97. The van der Waals surface area contributed by atoms with Crippen LogP contribution in [0.3, 0.4) is 0 Å². The molecule has 1 amide bonds. The molecule has 0 saturated carbocycles. The summed E-state index contributed by atoms with van der Waals surface area (Å²) < 4.78 is 1.46. The van der Waals surface area contributed by atoms with E-state index >= 15 is 0 Å². The van der Waals surface area contributed by atoms with Crippen molar-refractivity contribution in [3.63, 3.8) is 0 Å². The van der Waals surface area contributed by atoms with E-state index in [0.29, 0.717) is 24.0 Å². The highest BCUT2D eigenvalue weighted by atomic mass is 16.2. The van der Waals surface area contributed by atoms with Gasteiger partial charge in [0, 0.05) is 45.3 Å². The molecule has 1 aliphatic heterocycles. The number of para-hydroxylation sites is 1. The molecule has 0 aliphatic carbocycles. The first-order valence-corrected chi connectivity index (χ1v) is 9.29. The number of carbonyl (C=O) groups excluding carboxylic acids is 1. The van der Waals surface area contributed by atoms with Gasteiger partial charge in [0.25, 0.3) is 5.56 Å². The van der Waals surface area contributed by atoms with E-state index in [1.807, 2.05) is 23.1 Å². The van der Waals surface area contributed by atoms with Gasteiger partial charge < -0.3 is 9.80 Å². The number of rotatable bonds is 4. The lowest BCUT2D eigenvalue weighted by Crippen LogP contribution is -2.49. The number of nitrogens with zero attached hydrogens (tertiary/aromatic N) is 4. The standard InChI is InChI=1S/C20H21N5O3/c26-18(24-13-11-23(12-14-24)17-7-3-4-9-21-17)8-10-25-16-6-2-1-5-15(16)19(27)22-20(25)28/h1-7,9H,8,10-14H2,(H,22,27,28). The number of aryl methyl sites for hydroxylation is 1. The molecule has 0 bridgehead atoms. The van der Waals surface area contributed by atoms with Crippen LogP contribution in [0.25, 0.3) is 10.9 Å². The van der Waals surface area contributed by atoms with Crippen molar-refractivity contribution in [1.29, 1.82) is 0 Å². The van der Waals surface area contributed by atoms with Gasteiger partial charge in [-0.05, 0) is 24.3 Å². The molecule has 8 nitrogen and oxygen atoms in total. The van der Waals surface area contributed by atoms with Crippen LogP contribution in [0.5, 0.6) is 0 Å². The van der Waals surface area contributed by atoms with Crippen LogP contribution in [0.1, 0.15) is 6.42 Å². The summed E-state index contributed by atoms with van der Waals surface area (Å²) in [5, 5.41) is 0.443. The summed E-state index contributed by atoms with van der Waals surface area (Å²) in [6.45, 7) is 2.93. The van der Waals surface area contributed by atoms with Crippen LogP contribution in [-0.4, -0.2) is 51.5 Å². The van der Waals surface area contributed by atoms with Gasteiger partial charge in [-0.25, -0.2) is 9.78 Å². The molecular formula is C20H21N5O3. The zero-order valence-electron chi connectivity index (χ0n) is 15.4. The van der Waals surface area contributed by atoms with Crippen molar-refractivity contribution in [2.75, 3.05) is 31.1 Å². The lowest BCUT2D eigenvalue weighted by molar-refractivity contribution is -0.131. The highest BCUT2D eigenvalue weighted by Crippen LogP contribution is 2.13. The Morgan fingerprint density at radius 2 is 1.75 bits per heavy atom. The van der Waals surface area contributed by atoms with Gasteiger partial charge >= 0.3 is 5.69 Å². The predicted octanol–water partition coefficient (Wildman–Crippen LogP) is 0.824. The van der Waals surface area contributed by atoms with Crippen molar-refractivity contribution in [3.8, 4) is 0 Å². The minimum atomic E-state index is -0.489. The van der Waals surface area contributed by atoms with Gasteiger partial charge in [-0.1, -0.05) is 18.2 Å². The number of piperazine rings is 1. The van der Waals surface area contributed by atoms with E-state index in [4.69, 9.17) is 0 Å². The monoisotopic (exact) mass is 379 g/mol. The van der Waals surface area contributed by atoms with E-state index in [2.05, 4.69) is 14.9 Å². The number of nitrogens with one attached hydrogen (secondary N) is 1. The largest absolute Gasteiger partial charge is 0.353 e. The Bertz CT molecular complexity index is 1100. The summed E-state index contributed by atoms with van der Waals surface area (Å²) in [6, 6.07) is 12.7. The van der Waals surface area contributed by atoms with Gasteiger partial charge in [0.15, 0.2) is 0 Å². The number of hydrogen-bond acceptors (Lipinski definition) is 5. The maximum atomic E-state index is 12.6. The van der Waals surface area contributed by atoms with E-state index in [-0.39, 0.29) is 18.9 Å². The number of aromatic nitrogens is 3. The van der Waals surface area contributed by atoms with Crippen LogP contribution in [0.15, 0.2) is 58.3 Å². The quantitative estimate of drug-likeness (QED) is 0.725. The fourth-order valence-corrected chi connectivity index (χ4v) is 3.56. The normalized spacial score (nSPS) is 14.4. The lowest BCUT2D eigenvalue weighted by atomic mass is 10.2. The maximum absolute atomic E-state index is 12.6. The molecule has 3 aromatic rings. The molecule has 0 spiro atoms. The van der Waals surface area contributed by atoms with E-state index in [1.165, 1.54) is 4.57 Å². The third-order valence-electron chi connectivity index (χ3n) is 5.06. The molecule has 0 unspecified atom stereocenters. The second-order valence-corrected chi connectivity index (χ2v) is 6.73. The van der Waals surface area contributed by atoms with Gasteiger partial charge in [-0.15, -0.1) is 0 Å². The molecule has 8 heteroatoms. The SMILES string of the molecule is O=C(CCn1c(=O)[nH]c(=O)c2ccccc21)N1CCN(c2ccccn2)CC1. The zero-order valence-corrected chi connectivity index (χ0v) is 15.4. The second-order valence-electron chi connectivity index (χ2n) is 6.73. The zero-order chi connectivity index (χ0) is 19.5. The molecule has 0 radical (unpaired) electrons. The molecule has 0 atom stereocenters. The molecule has 1 N–H and O–H groups in total. The molecule has 1 aromatic carbocycles. The molecule has 144 valence electrons. The van der Waals surface area contributed by atoms with Gasteiger partial charge in [-0.3, -0.25) is 19.1 Å². The van der Waals surface area contributed by atoms with Crippen LogP contribution >= 0.6 is 0 Å². The average molecular weight is 379 g/mol. The number of anilines is 1. The number of fused-ring (bicyclic) bond motifs is 1. The summed E-state index contributed by atoms with van der Waals surface area (Å²) in [4.78, 5) is 47.4. The van der Waals surface area contributed by atoms with E-state index < -0.39 is 11.2 Å². The second kappa shape index (κ2) is 7.67. The number of H-pyrrole nitrogens is 1. The lowest BCUT2D eigenvalue weighted by Gasteiger charge is -2.35. The molecule has 1 saturated heterocycles. The molecule has 3 heterocycles. The van der Waals surface area contributed by atoms with Gasteiger partial charge in [0.1, 0.15) is 5.82 Å². The number of amides is 1. The van der Waals surface area contributed by atoms with Crippen molar-refractivity contribution < 1.29 is 4.79 Å². The Labute approximate surface area is 161 Å². The minimum absolute atomic E-state index is 0.00264. The Kier molecular flexibility index (Phi) is 4.92. The predicted molar refractivity (Wildman–Crippen MR) is 106 cm³/mol. The molecule has 28 heavy (non-hydrogen) atoms. The smallest absolute Gasteiger partial charge is 0.328 e. The van der Waals surface area contributed by atoms with Gasteiger partial charge in [0.05, 0.1) is 10.9 Å². The van der Waals surface area contributed by atoms with Crippen LogP contribution < -0.4 is 16.1 Å². The number of carbonyl (C=O) groups is 1. The molecule has 1 fully saturated rings. The van der Waals surface area contributed by atoms with Crippen molar-refractivity contribution in [1.82, 2.24) is 19.4 Å². The van der Waals surface area contributed by atoms with Gasteiger partial charge in [-0.2, -0.15) is 0 Å². The summed E-state index contributed by atoms with van der Waals surface area (Å²) in [5.41, 5.74) is -0.352. The summed E-state index contributed by atoms with van der Waals surface area (Å²) in [5.74, 6) is 0.920. The van der Waals surface area contributed by atoms with E-state index in [9.17, 15) is 14.4 Å². The van der Waals surface area contributed by atoms with Crippen LogP contribution in [-0.2, 0) is 11.3 Å². The molecule has 2 aromatic heterocycles. The first-order valence-electron chi connectivity index (χ1n) is 9.29. The van der Waals surface area contributed by atoms with Crippen LogP contribution in [0, 0.1) is 0 Å². The minimum Gasteiger partial charge on any atom is -0.353 e. The Hall–Kier alpha value is -3.42. The highest BCUT2D eigenvalue weighted by molar-refractivity contribution is 5.79. The summed E-state index contributed by atoms with van der Waals surface area (Å²) in [7, 11) is 0. The number of benzene rings is 1. The van der Waals surface area contributed by atoms with E-state index in [0.717, 1.165) is 18.9 Å². The number of hydrogen-bond donors (Lipinski definition) is 1. The third kappa shape index (κ3) is 3.53. The van der Waals surface area contributed by atoms with Gasteiger partial charge in [0.2, 0.25) is 5.91 Å². The number of aromatic amines is 1. The number of pyridine rings is 1. The average Bonchev–Trinajstić information content (AvgIpc) is 2.74. The van der Waals surface area contributed by atoms with Crippen LogP contribution in [0.4, 0.5) is 5.82 Å². The first kappa shape index (κ1) is 18.0. The third-order valence-corrected chi connectivity index (χ3v) is 5.06. The topological polar surface area (TPSA) is 91.3 Å². The van der Waals surface area contributed by atoms with Crippen LogP contribution in [0.2, 0.25) is 0 Å². The summed E-state index contributed by atoms with van der Waals surface area (Å²) >= 11 is 0. The maximum Gasteiger partial charge on any atom is 0.328 e. The van der Waals surface area contributed by atoms with E-state index in [1.54, 1.807) is 30.5 Å². The van der Waals surface area contributed by atoms with Crippen molar-refractivity contribution in [2.45, 2.75) is 13.0 Å². The molecule has 4 rings (SSSR count). The Morgan fingerprint density at radius 1 is 1.00 bits per heavy atom. The highest BCUT2D eigenvalue weighted by Gasteiger charge is 2.22. The fraction of sp³-hybridized carbons (Fsp3) is 0.300. The molecular weight excluding hydrogens is 358 g/mol. The first-order chi connectivity index (χ1) is 13.6.